The Balaban J connectivity index is 2.52. The zero-order valence-electron chi connectivity index (χ0n) is 10.8. The van der Waals surface area contributed by atoms with Gasteiger partial charge < -0.3 is 4.90 Å². The second-order valence-electron chi connectivity index (χ2n) is 5.26. The van der Waals surface area contributed by atoms with Gasteiger partial charge in [0, 0.05) is 30.1 Å². The van der Waals surface area contributed by atoms with Crippen LogP contribution in [0.1, 0.15) is 34.1 Å². The van der Waals surface area contributed by atoms with E-state index in [-0.39, 0.29) is 5.41 Å². The Morgan fingerprint density at radius 3 is 2.59 bits per heavy atom. The Labute approximate surface area is 104 Å². The molecule has 0 aromatic rings. The van der Waals surface area contributed by atoms with Crippen LogP contribution in [0.4, 0.5) is 0 Å². The maximum absolute atomic E-state index is 11.1. The van der Waals surface area contributed by atoms with Gasteiger partial charge in [0.05, 0.1) is 4.86 Å². The monoisotopic (exact) mass is 253 g/mol. The Kier molecular flexibility index (Phi) is 2.94. The highest BCUT2D eigenvalue weighted by molar-refractivity contribution is 7.73. The fraction of sp³-hybridized carbons (Fsp3) is 0.615. The van der Waals surface area contributed by atoms with Gasteiger partial charge in [0.15, 0.2) is 0 Å². The van der Waals surface area contributed by atoms with Crippen molar-refractivity contribution in [3.05, 3.63) is 23.4 Å². The lowest BCUT2D eigenvalue weighted by Gasteiger charge is -2.32. The molecule has 0 fully saturated rings. The molecule has 2 rings (SSSR count). The molecular weight excluding hydrogens is 234 g/mol. The molecule has 94 valence electrons. The standard InChI is InChI=1S/C13H19NO2S/c1-5-14-9(2)13(3,4)11-8-10(17(15)16)6-7-12(11)14/h6-7,9H,5,8H2,1-4H3. The van der Waals surface area contributed by atoms with Crippen LogP contribution in [0.15, 0.2) is 23.4 Å². The highest BCUT2D eigenvalue weighted by Crippen LogP contribution is 2.46. The molecule has 0 aromatic heterocycles. The summed E-state index contributed by atoms with van der Waals surface area (Å²) in [6, 6.07) is 0.418. The summed E-state index contributed by atoms with van der Waals surface area (Å²) in [6.07, 6.45) is 4.26. The van der Waals surface area contributed by atoms with E-state index in [2.05, 4.69) is 32.6 Å². The summed E-state index contributed by atoms with van der Waals surface area (Å²) < 4.78 is 22.1. The molecule has 3 nitrogen and oxygen atoms in total. The molecule has 0 amide bonds. The Morgan fingerprint density at radius 2 is 2.06 bits per heavy atom. The average Bonchev–Trinajstić information content (AvgIpc) is 2.47. The predicted octanol–water partition coefficient (Wildman–Crippen LogP) is 2.00. The van der Waals surface area contributed by atoms with Gasteiger partial charge in [-0.25, -0.2) is 0 Å². The largest absolute Gasteiger partial charge is 0.368 e. The minimum atomic E-state index is -2.09. The topological polar surface area (TPSA) is 37.4 Å². The highest BCUT2D eigenvalue weighted by atomic mass is 32.2. The lowest BCUT2D eigenvalue weighted by Crippen LogP contribution is -2.35. The number of nitrogens with zero attached hydrogens (tertiary/aromatic N) is 1. The van der Waals surface area contributed by atoms with Gasteiger partial charge in [-0.15, -0.1) is 0 Å². The van der Waals surface area contributed by atoms with Gasteiger partial charge in [-0.1, -0.05) is 13.8 Å². The number of hydrogen-bond acceptors (Lipinski definition) is 3. The molecule has 0 N–H and O–H groups in total. The molecule has 4 heteroatoms. The van der Waals surface area contributed by atoms with Crippen LogP contribution in [0.3, 0.4) is 0 Å². The summed E-state index contributed by atoms with van der Waals surface area (Å²) in [5.41, 5.74) is 2.52. The quantitative estimate of drug-likeness (QED) is 0.671. The maximum atomic E-state index is 11.1. The first kappa shape index (κ1) is 12.4. The van der Waals surface area contributed by atoms with E-state index in [1.54, 1.807) is 6.08 Å². The van der Waals surface area contributed by atoms with Crippen molar-refractivity contribution >= 4 is 15.2 Å². The Morgan fingerprint density at radius 1 is 1.41 bits per heavy atom. The molecule has 1 unspecified atom stereocenters. The molecule has 2 aliphatic rings. The van der Waals surface area contributed by atoms with Crippen molar-refractivity contribution in [3.8, 4) is 0 Å². The summed E-state index contributed by atoms with van der Waals surface area (Å²) in [4.78, 5) is 2.86. The average molecular weight is 253 g/mol. The summed E-state index contributed by atoms with van der Waals surface area (Å²) in [6.45, 7) is 9.72. The molecule has 0 spiro atoms. The second-order valence-corrected chi connectivity index (χ2v) is 6.25. The molecule has 0 aromatic carbocycles. The van der Waals surface area contributed by atoms with E-state index in [0.29, 0.717) is 17.3 Å². The van der Waals surface area contributed by atoms with Gasteiger partial charge in [0.1, 0.15) is 0 Å². The molecule has 0 saturated carbocycles. The van der Waals surface area contributed by atoms with Crippen molar-refractivity contribution in [2.75, 3.05) is 6.54 Å². The van der Waals surface area contributed by atoms with Gasteiger partial charge in [-0.3, -0.25) is 0 Å². The third-order valence-corrected chi connectivity index (χ3v) is 4.95. The molecule has 1 atom stereocenters. The van der Waals surface area contributed by atoms with Crippen molar-refractivity contribution in [1.82, 2.24) is 4.90 Å². The number of allylic oxidation sites excluding steroid dienone is 2. The van der Waals surface area contributed by atoms with Crippen molar-refractivity contribution in [2.45, 2.75) is 40.2 Å². The van der Waals surface area contributed by atoms with E-state index in [0.717, 1.165) is 6.54 Å². The molecule has 0 bridgehead atoms. The molecule has 1 aliphatic carbocycles. The van der Waals surface area contributed by atoms with Gasteiger partial charge in [0.2, 0.25) is 10.3 Å². The molecule has 1 heterocycles. The number of likely N-dealkylation sites (N-methyl/N-ethyl adjacent to an activating group) is 1. The molecule has 1 aliphatic heterocycles. The SMILES string of the molecule is CCN1C2=C(CC(=S(=O)=O)C=C2)C(C)(C)C1C. The summed E-state index contributed by atoms with van der Waals surface area (Å²) >= 11 is 0. The lowest BCUT2D eigenvalue weighted by molar-refractivity contribution is 0.215. The fourth-order valence-corrected chi connectivity index (χ4v) is 3.27. The first-order chi connectivity index (χ1) is 7.89. The van der Waals surface area contributed by atoms with E-state index < -0.39 is 10.3 Å². The third kappa shape index (κ3) is 1.75. The Hall–Kier alpha value is -1.03. The summed E-state index contributed by atoms with van der Waals surface area (Å²) in [7, 11) is -2.09. The van der Waals surface area contributed by atoms with Crippen molar-refractivity contribution in [2.24, 2.45) is 5.41 Å². The second kappa shape index (κ2) is 4.02. The smallest absolute Gasteiger partial charge is 0.217 e. The molecule has 0 radical (unpaired) electrons. The van der Waals surface area contributed by atoms with Gasteiger partial charge >= 0.3 is 0 Å². The third-order valence-electron chi connectivity index (χ3n) is 4.24. The minimum Gasteiger partial charge on any atom is -0.368 e. The van der Waals surface area contributed by atoms with Crippen LogP contribution < -0.4 is 0 Å². The van der Waals surface area contributed by atoms with Gasteiger partial charge in [0.25, 0.3) is 0 Å². The van der Waals surface area contributed by atoms with Crippen LogP contribution >= 0.6 is 0 Å². The van der Waals surface area contributed by atoms with Crippen LogP contribution in [0, 0.1) is 5.41 Å². The maximum Gasteiger partial charge on any atom is 0.217 e. The van der Waals surface area contributed by atoms with Gasteiger partial charge in [-0.05, 0) is 31.6 Å². The van der Waals surface area contributed by atoms with Crippen molar-refractivity contribution in [1.29, 1.82) is 0 Å². The van der Waals surface area contributed by atoms with E-state index in [4.69, 9.17) is 0 Å². The van der Waals surface area contributed by atoms with E-state index in [1.807, 2.05) is 6.08 Å². The fourth-order valence-electron chi connectivity index (χ4n) is 2.83. The first-order valence-corrected chi connectivity index (χ1v) is 7.10. The summed E-state index contributed by atoms with van der Waals surface area (Å²) in [5, 5.41) is 0. The predicted molar refractivity (Wildman–Crippen MR) is 70.3 cm³/mol. The number of rotatable bonds is 1. The first-order valence-electron chi connectivity index (χ1n) is 6.03. The van der Waals surface area contributed by atoms with Crippen LogP contribution in [0.25, 0.3) is 0 Å². The normalized spacial score (nSPS) is 26.5. The van der Waals surface area contributed by atoms with Crippen molar-refractivity contribution < 1.29 is 8.42 Å². The zero-order valence-corrected chi connectivity index (χ0v) is 11.6. The highest BCUT2D eigenvalue weighted by Gasteiger charge is 2.43. The molecule has 0 saturated heterocycles. The summed E-state index contributed by atoms with van der Waals surface area (Å²) in [5.74, 6) is 0. The van der Waals surface area contributed by atoms with Crippen LogP contribution in [-0.4, -0.2) is 30.8 Å². The van der Waals surface area contributed by atoms with Crippen molar-refractivity contribution in [3.63, 3.8) is 0 Å². The van der Waals surface area contributed by atoms with E-state index in [9.17, 15) is 8.42 Å². The molecular formula is C13H19NO2S. The van der Waals surface area contributed by atoms with Crippen LogP contribution in [0.2, 0.25) is 0 Å². The zero-order chi connectivity index (χ0) is 12.8. The van der Waals surface area contributed by atoms with E-state index in [1.165, 1.54) is 11.3 Å². The van der Waals surface area contributed by atoms with E-state index >= 15 is 0 Å². The van der Waals surface area contributed by atoms with Crippen LogP contribution in [0.5, 0.6) is 0 Å². The lowest BCUT2D eigenvalue weighted by atomic mass is 9.77. The van der Waals surface area contributed by atoms with Crippen LogP contribution in [-0.2, 0) is 10.3 Å². The Bertz CT molecular complexity index is 530. The minimum absolute atomic E-state index is 0.0424. The number of hydrogen-bond donors (Lipinski definition) is 0. The van der Waals surface area contributed by atoms with Gasteiger partial charge in [-0.2, -0.15) is 8.42 Å². The molecule has 17 heavy (non-hydrogen) atoms.